The fourth-order valence-electron chi connectivity index (χ4n) is 2.81. The van der Waals surface area contributed by atoms with Crippen molar-refractivity contribution in [2.45, 2.75) is 30.8 Å². The third kappa shape index (κ3) is 4.22. The lowest BCUT2D eigenvalue weighted by molar-refractivity contribution is -0.129. The van der Waals surface area contributed by atoms with Crippen LogP contribution in [0.5, 0.6) is 0 Å². The topological polar surface area (TPSA) is 97.1 Å². The van der Waals surface area contributed by atoms with E-state index in [1.807, 2.05) is 48.5 Å². The average molecular weight is 338 g/mol. The zero-order chi connectivity index (χ0) is 17.7. The van der Waals surface area contributed by atoms with Crippen molar-refractivity contribution in [3.8, 4) is 0 Å². The lowest BCUT2D eigenvalue weighted by atomic mass is 10.0. The highest BCUT2D eigenvalue weighted by Gasteiger charge is 2.51. The van der Waals surface area contributed by atoms with Crippen molar-refractivity contribution in [1.29, 1.82) is 0 Å². The number of nitrogens with two attached hydrogens (primary N) is 1. The van der Waals surface area contributed by atoms with E-state index in [0.717, 1.165) is 11.3 Å². The molecule has 1 fully saturated rings. The van der Waals surface area contributed by atoms with Crippen LogP contribution in [0.15, 0.2) is 54.7 Å². The van der Waals surface area contributed by atoms with Gasteiger partial charge < -0.3 is 16.4 Å². The molecule has 1 heterocycles. The van der Waals surface area contributed by atoms with Gasteiger partial charge in [-0.25, -0.2) is 0 Å². The van der Waals surface area contributed by atoms with Crippen molar-refractivity contribution in [3.05, 3.63) is 66.0 Å². The normalized spacial score (nSPS) is 15.9. The summed E-state index contributed by atoms with van der Waals surface area (Å²) in [6, 6.07) is 15.3. The number of nitrogens with zero attached hydrogens (tertiary/aromatic N) is 1. The van der Waals surface area contributed by atoms with Gasteiger partial charge in [-0.3, -0.25) is 14.6 Å². The molecule has 130 valence electrons. The molecule has 0 radical (unpaired) electrons. The fraction of sp³-hybridized carbons (Fsp3) is 0.316. The molecule has 3 rings (SSSR count). The largest absolute Gasteiger partial charge is 0.347 e. The number of carbonyl (C=O) groups excluding carboxylic acids is 2. The highest BCUT2D eigenvalue weighted by molar-refractivity contribution is 5.94. The minimum Gasteiger partial charge on any atom is -0.347 e. The third-order valence-electron chi connectivity index (χ3n) is 4.40. The molecule has 1 aromatic carbocycles. The Hall–Kier alpha value is -2.73. The van der Waals surface area contributed by atoms with Gasteiger partial charge in [0.15, 0.2) is 0 Å². The average Bonchev–Trinajstić information content (AvgIpc) is 3.43. The van der Waals surface area contributed by atoms with Crippen molar-refractivity contribution in [2.75, 3.05) is 6.54 Å². The first-order chi connectivity index (χ1) is 12.1. The molecule has 0 spiro atoms. The Balaban J connectivity index is 1.76. The number of benzene rings is 1. The molecule has 0 bridgehead atoms. The number of hydrogen-bond acceptors (Lipinski definition) is 4. The van der Waals surface area contributed by atoms with Crippen LogP contribution in [0.3, 0.4) is 0 Å². The molecule has 25 heavy (non-hydrogen) atoms. The first kappa shape index (κ1) is 17.1. The van der Waals surface area contributed by atoms with Crippen LogP contribution in [-0.4, -0.2) is 28.9 Å². The summed E-state index contributed by atoms with van der Waals surface area (Å²) in [7, 11) is 0. The Kier molecular flexibility index (Phi) is 5.09. The summed E-state index contributed by atoms with van der Waals surface area (Å²) in [6.45, 7) is -0.120. The SMILES string of the molecule is NCC(=O)NC1(C(=O)NC(Cc2ccccn2)c2ccccc2)CC1. The Morgan fingerprint density at radius 3 is 2.44 bits per heavy atom. The van der Waals surface area contributed by atoms with Crippen LogP contribution in [0, 0.1) is 0 Å². The van der Waals surface area contributed by atoms with Crippen LogP contribution in [-0.2, 0) is 16.0 Å². The molecule has 0 saturated heterocycles. The smallest absolute Gasteiger partial charge is 0.246 e. The molecule has 1 atom stereocenters. The van der Waals surface area contributed by atoms with Gasteiger partial charge in [-0.15, -0.1) is 0 Å². The molecule has 1 aliphatic rings. The zero-order valence-corrected chi connectivity index (χ0v) is 13.9. The minimum absolute atomic E-state index is 0.120. The second-order valence-electron chi connectivity index (χ2n) is 6.30. The first-order valence-corrected chi connectivity index (χ1v) is 8.40. The van der Waals surface area contributed by atoms with E-state index in [1.54, 1.807) is 6.20 Å². The molecule has 1 unspecified atom stereocenters. The van der Waals surface area contributed by atoms with Gasteiger partial charge in [0.05, 0.1) is 12.6 Å². The van der Waals surface area contributed by atoms with E-state index in [2.05, 4.69) is 15.6 Å². The van der Waals surface area contributed by atoms with Gasteiger partial charge in [-0.05, 0) is 30.5 Å². The van der Waals surface area contributed by atoms with Crippen LogP contribution >= 0.6 is 0 Å². The zero-order valence-electron chi connectivity index (χ0n) is 13.9. The predicted octanol–water partition coefficient (Wildman–Crippen LogP) is 1.09. The van der Waals surface area contributed by atoms with Gasteiger partial charge in [-0.2, -0.15) is 0 Å². The van der Waals surface area contributed by atoms with Gasteiger partial charge in [0, 0.05) is 18.3 Å². The lowest BCUT2D eigenvalue weighted by Crippen LogP contribution is -2.51. The van der Waals surface area contributed by atoms with E-state index >= 15 is 0 Å². The molecular weight excluding hydrogens is 316 g/mol. The Labute approximate surface area is 146 Å². The molecule has 2 amide bonds. The van der Waals surface area contributed by atoms with Crippen LogP contribution in [0.4, 0.5) is 0 Å². The Bertz CT molecular complexity index is 730. The number of aromatic nitrogens is 1. The number of amides is 2. The van der Waals surface area contributed by atoms with Gasteiger partial charge in [0.2, 0.25) is 11.8 Å². The van der Waals surface area contributed by atoms with Crippen LogP contribution in [0.1, 0.15) is 30.1 Å². The van der Waals surface area contributed by atoms with Gasteiger partial charge >= 0.3 is 0 Å². The van der Waals surface area contributed by atoms with E-state index in [-0.39, 0.29) is 24.4 Å². The molecule has 4 N–H and O–H groups in total. The number of nitrogens with one attached hydrogen (secondary N) is 2. The summed E-state index contributed by atoms with van der Waals surface area (Å²) < 4.78 is 0. The van der Waals surface area contributed by atoms with E-state index in [1.165, 1.54) is 0 Å². The molecule has 1 aliphatic carbocycles. The highest BCUT2D eigenvalue weighted by atomic mass is 16.2. The van der Waals surface area contributed by atoms with E-state index in [0.29, 0.717) is 19.3 Å². The number of pyridine rings is 1. The monoisotopic (exact) mass is 338 g/mol. The second-order valence-corrected chi connectivity index (χ2v) is 6.30. The quantitative estimate of drug-likeness (QED) is 0.704. The highest BCUT2D eigenvalue weighted by Crippen LogP contribution is 2.36. The van der Waals surface area contributed by atoms with Crippen LogP contribution < -0.4 is 16.4 Å². The van der Waals surface area contributed by atoms with E-state index < -0.39 is 5.54 Å². The molecule has 1 aromatic heterocycles. The molecule has 6 heteroatoms. The maximum atomic E-state index is 12.8. The summed E-state index contributed by atoms with van der Waals surface area (Å²) in [5.41, 5.74) is 6.44. The molecule has 0 aliphatic heterocycles. The minimum atomic E-state index is -0.812. The summed E-state index contributed by atoms with van der Waals surface area (Å²) >= 11 is 0. The van der Waals surface area contributed by atoms with E-state index in [4.69, 9.17) is 5.73 Å². The molecule has 2 aromatic rings. The third-order valence-corrected chi connectivity index (χ3v) is 4.40. The summed E-state index contributed by atoms with van der Waals surface area (Å²) in [4.78, 5) is 28.7. The number of rotatable bonds is 7. The van der Waals surface area contributed by atoms with E-state index in [9.17, 15) is 9.59 Å². The van der Waals surface area contributed by atoms with Crippen molar-refractivity contribution in [2.24, 2.45) is 5.73 Å². The maximum absolute atomic E-state index is 12.8. The molecule has 1 saturated carbocycles. The second kappa shape index (κ2) is 7.44. The fourth-order valence-corrected chi connectivity index (χ4v) is 2.81. The standard InChI is InChI=1S/C19H22N4O2/c20-13-17(24)23-19(9-10-19)18(25)22-16(14-6-2-1-3-7-14)12-15-8-4-5-11-21-15/h1-8,11,16H,9-10,12-13,20H2,(H,22,25)(H,23,24). The van der Waals surface area contributed by atoms with Crippen molar-refractivity contribution in [3.63, 3.8) is 0 Å². The van der Waals surface area contributed by atoms with Crippen molar-refractivity contribution >= 4 is 11.8 Å². The summed E-state index contributed by atoms with van der Waals surface area (Å²) in [5, 5.41) is 5.83. The Morgan fingerprint density at radius 1 is 1.12 bits per heavy atom. The van der Waals surface area contributed by atoms with Gasteiger partial charge in [0.1, 0.15) is 5.54 Å². The van der Waals surface area contributed by atoms with Crippen molar-refractivity contribution in [1.82, 2.24) is 15.6 Å². The Morgan fingerprint density at radius 2 is 1.84 bits per heavy atom. The summed E-state index contributed by atoms with van der Waals surface area (Å²) in [6.07, 6.45) is 3.59. The van der Waals surface area contributed by atoms with Gasteiger partial charge in [-0.1, -0.05) is 36.4 Å². The maximum Gasteiger partial charge on any atom is 0.246 e. The first-order valence-electron chi connectivity index (χ1n) is 8.40. The van der Waals surface area contributed by atoms with Crippen LogP contribution in [0.25, 0.3) is 0 Å². The molecule has 6 nitrogen and oxygen atoms in total. The lowest BCUT2D eigenvalue weighted by Gasteiger charge is -2.23. The van der Waals surface area contributed by atoms with Gasteiger partial charge in [0.25, 0.3) is 0 Å². The predicted molar refractivity (Wildman–Crippen MR) is 94.4 cm³/mol. The summed E-state index contributed by atoms with van der Waals surface area (Å²) in [5.74, 6) is -0.479. The number of carbonyl (C=O) groups is 2. The van der Waals surface area contributed by atoms with Crippen LogP contribution in [0.2, 0.25) is 0 Å². The van der Waals surface area contributed by atoms with Crippen molar-refractivity contribution < 1.29 is 9.59 Å². The number of hydrogen-bond donors (Lipinski definition) is 3. The molecular formula is C19H22N4O2.